The summed E-state index contributed by atoms with van der Waals surface area (Å²) in [7, 11) is 0. The Morgan fingerprint density at radius 2 is 2.07 bits per heavy atom. The zero-order valence-electron chi connectivity index (χ0n) is 7.73. The first-order valence-corrected chi connectivity index (χ1v) is 4.33. The fourth-order valence-electron chi connectivity index (χ4n) is 1.47. The van der Waals surface area contributed by atoms with Gasteiger partial charge >= 0.3 is 5.69 Å². The topological polar surface area (TPSA) is 78.7 Å². The van der Waals surface area contributed by atoms with Crippen molar-refractivity contribution in [2.24, 2.45) is 0 Å². The van der Waals surface area contributed by atoms with Crippen LogP contribution in [0.15, 0.2) is 33.9 Å². The molecule has 0 aliphatic rings. The SMILES string of the molecule is N#CCn1c(=O)[nH]c(=O)c2ccccc21. The molecule has 5 nitrogen and oxygen atoms in total. The highest BCUT2D eigenvalue weighted by atomic mass is 16.2. The molecule has 0 spiro atoms. The Balaban J connectivity index is 2.98. The Bertz CT molecular complexity index is 661. The second-order valence-electron chi connectivity index (χ2n) is 3.02. The normalized spacial score (nSPS) is 10.1. The van der Waals surface area contributed by atoms with E-state index in [9.17, 15) is 9.59 Å². The van der Waals surface area contributed by atoms with Crippen LogP contribution in [0.3, 0.4) is 0 Å². The molecule has 0 fully saturated rings. The fourth-order valence-corrected chi connectivity index (χ4v) is 1.47. The van der Waals surface area contributed by atoms with Gasteiger partial charge in [0.2, 0.25) is 0 Å². The molecule has 1 aromatic carbocycles. The Hall–Kier alpha value is -2.35. The van der Waals surface area contributed by atoms with Crippen molar-refractivity contribution in [3.8, 4) is 6.07 Å². The molecule has 1 heterocycles. The van der Waals surface area contributed by atoms with Crippen LogP contribution in [0.25, 0.3) is 10.9 Å². The van der Waals surface area contributed by atoms with E-state index in [0.717, 1.165) is 0 Å². The molecule has 2 rings (SSSR count). The number of aromatic amines is 1. The number of H-pyrrole nitrogens is 1. The van der Waals surface area contributed by atoms with Crippen LogP contribution in [0, 0.1) is 11.3 Å². The van der Waals surface area contributed by atoms with Gasteiger partial charge in [-0.15, -0.1) is 0 Å². The van der Waals surface area contributed by atoms with Gasteiger partial charge < -0.3 is 0 Å². The van der Waals surface area contributed by atoms with Crippen molar-refractivity contribution in [2.75, 3.05) is 0 Å². The Kier molecular flexibility index (Phi) is 2.10. The first-order chi connectivity index (χ1) is 7.24. The maximum Gasteiger partial charge on any atom is 0.329 e. The van der Waals surface area contributed by atoms with E-state index in [1.54, 1.807) is 24.3 Å². The van der Waals surface area contributed by atoms with Crippen LogP contribution in [-0.2, 0) is 6.54 Å². The Labute approximate surface area is 84.2 Å². The van der Waals surface area contributed by atoms with E-state index < -0.39 is 11.2 Å². The maximum atomic E-state index is 11.4. The highest BCUT2D eigenvalue weighted by Gasteiger charge is 2.05. The summed E-state index contributed by atoms with van der Waals surface area (Å²) in [6.07, 6.45) is 0. The lowest BCUT2D eigenvalue weighted by Gasteiger charge is -2.03. The lowest BCUT2D eigenvalue weighted by Crippen LogP contribution is -2.30. The monoisotopic (exact) mass is 201 g/mol. The number of nitrogens with one attached hydrogen (secondary N) is 1. The number of hydrogen-bond acceptors (Lipinski definition) is 3. The van der Waals surface area contributed by atoms with Crippen LogP contribution < -0.4 is 11.2 Å². The lowest BCUT2D eigenvalue weighted by molar-refractivity contribution is 0.782. The third-order valence-electron chi connectivity index (χ3n) is 2.13. The summed E-state index contributed by atoms with van der Waals surface area (Å²) in [5.74, 6) is 0. The molecule has 0 amide bonds. The smallest absolute Gasteiger partial charge is 0.280 e. The largest absolute Gasteiger partial charge is 0.329 e. The average molecular weight is 201 g/mol. The molecular weight excluding hydrogens is 194 g/mol. The van der Waals surface area contributed by atoms with E-state index in [2.05, 4.69) is 4.98 Å². The summed E-state index contributed by atoms with van der Waals surface area (Å²) in [4.78, 5) is 25.0. The first-order valence-electron chi connectivity index (χ1n) is 4.33. The molecular formula is C10H7N3O2. The van der Waals surface area contributed by atoms with Crippen LogP contribution >= 0.6 is 0 Å². The summed E-state index contributed by atoms with van der Waals surface area (Å²) >= 11 is 0. The van der Waals surface area contributed by atoms with E-state index in [4.69, 9.17) is 5.26 Å². The van der Waals surface area contributed by atoms with Gasteiger partial charge in [0.15, 0.2) is 0 Å². The van der Waals surface area contributed by atoms with Gasteiger partial charge in [-0.05, 0) is 12.1 Å². The number of rotatable bonds is 1. The van der Waals surface area contributed by atoms with Gasteiger partial charge in [0.05, 0.1) is 17.0 Å². The van der Waals surface area contributed by atoms with Gasteiger partial charge in [-0.25, -0.2) is 4.79 Å². The van der Waals surface area contributed by atoms with Crippen molar-refractivity contribution in [3.05, 3.63) is 45.1 Å². The summed E-state index contributed by atoms with van der Waals surface area (Å²) < 4.78 is 1.23. The van der Waals surface area contributed by atoms with E-state index in [-0.39, 0.29) is 6.54 Å². The molecule has 5 heteroatoms. The summed E-state index contributed by atoms with van der Waals surface area (Å²) in [6, 6.07) is 8.56. The van der Waals surface area contributed by atoms with Crippen LogP contribution in [0.2, 0.25) is 0 Å². The van der Waals surface area contributed by atoms with Gasteiger partial charge in [-0.3, -0.25) is 14.3 Å². The first kappa shape index (κ1) is 9.21. The molecule has 0 saturated carbocycles. The standard InChI is InChI=1S/C10H7N3O2/c11-5-6-13-8-4-2-1-3-7(8)9(14)12-10(13)15/h1-4H,6H2,(H,12,14,15). The number of nitriles is 1. The van der Waals surface area contributed by atoms with Crippen molar-refractivity contribution < 1.29 is 0 Å². The van der Waals surface area contributed by atoms with Gasteiger partial charge in [-0.1, -0.05) is 12.1 Å². The molecule has 0 aliphatic heterocycles. The van der Waals surface area contributed by atoms with Crippen molar-refractivity contribution in [3.63, 3.8) is 0 Å². The predicted octanol–water partition coefficient (Wildman–Crippen LogP) is 0.213. The van der Waals surface area contributed by atoms with E-state index in [0.29, 0.717) is 10.9 Å². The van der Waals surface area contributed by atoms with E-state index in [1.165, 1.54) is 4.57 Å². The lowest BCUT2D eigenvalue weighted by atomic mass is 10.2. The van der Waals surface area contributed by atoms with Crippen LogP contribution in [0.4, 0.5) is 0 Å². The molecule has 1 N–H and O–H groups in total. The number of para-hydroxylation sites is 1. The molecule has 0 radical (unpaired) electrons. The van der Waals surface area contributed by atoms with Crippen molar-refractivity contribution in [1.29, 1.82) is 5.26 Å². The third-order valence-corrected chi connectivity index (χ3v) is 2.13. The molecule has 74 valence electrons. The minimum Gasteiger partial charge on any atom is -0.280 e. The molecule has 0 aliphatic carbocycles. The van der Waals surface area contributed by atoms with Crippen LogP contribution in [-0.4, -0.2) is 9.55 Å². The fraction of sp³-hybridized carbons (Fsp3) is 0.100. The maximum absolute atomic E-state index is 11.4. The number of fused-ring (bicyclic) bond motifs is 1. The second-order valence-corrected chi connectivity index (χ2v) is 3.02. The molecule has 1 aromatic heterocycles. The zero-order valence-corrected chi connectivity index (χ0v) is 7.73. The van der Waals surface area contributed by atoms with Crippen molar-refractivity contribution >= 4 is 10.9 Å². The molecule has 0 bridgehead atoms. The molecule has 0 saturated heterocycles. The number of hydrogen-bond donors (Lipinski definition) is 1. The highest BCUT2D eigenvalue weighted by molar-refractivity contribution is 5.77. The van der Waals surface area contributed by atoms with Crippen molar-refractivity contribution in [1.82, 2.24) is 9.55 Å². The van der Waals surface area contributed by atoms with E-state index in [1.807, 2.05) is 6.07 Å². The molecule has 0 atom stereocenters. The van der Waals surface area contributed by atoms with Gasteiger partial charge in [0, 0.05) is 0 Å². The molecule has 2 aromatic rings. The van der Waals surface area contributed by atoms with E-state index >= 15 is 0 Å². The minimum absolute atomic E-state index is 0.0733. The summed E-state index contributed by atoms with van der Waals surface area (Å²) in [5.41, 5.74) is -0.502. The van der Waals surface area contributed by atoms with Gasteiger partial charge in [-0.2, -0.15) is 5.26 Å². The zero-order chi connectivity index (χ0) is 10.8. The van der Waals surface area contributed by atoms with Crippen molar-refractivity contribution in [2.45, 2.75) is 6.54 Å². The molecule has 0 unspecified atom stereocenters. The third kappa shape index (κ3) is 1.42. The van der Waals surface area contributed by atoms with Crippen LogP contribution in [0.1, 0.15) is 0 Å². The second kappa shape index (κ2) is 3.42. The Morgan fingerprint density at radius 1 is 1.33 bits per heavy atom. The number of aromatic nitrogens is 2. The summed E-state index contributed by atoms with van der Waals surface area (Å²) in [6.45, 7) is -0.0733. The van der Waals surface area contributed by atoms with Gasteiger partial charge in [0.1, 0.15) is 6.54 Å². The Morgan fingerprint density at radius 3 is 2.80 bits per heavy atom. The quantitative estimate of drug-likeness (QED) is 0.716. The minimum atomic E-state index is -0.555. The number of nitrogens with zero attached hydrogens (tertiary/aromatic N) is 2. The predicted molar refractivity (Wildman–Crippen MR) is 54.4 cm³/mol. The van der Waals surface area contributed by atoms with Crippen LogP contribution in [0.5, 0.6) is 0 Å². The highest BCUT2D eigenvalue weighted by Crippen LogP contribution is 2.05. The average Bonchev–Trinajstić information content (AvgIpc) is 2.24. The number of benzene rings is 1. The molecule has 15 heavy (non-hydrogen) atoms. The van der Waals surface area contributed by atoms with Gasteiger partial charge in [0.25, 0.3) is 5.56 Å². The summed E-state index contributed by atoms with van der Waals surface area (Å²) in [5, 5.41) is 8.98.